The molecule has 0 unspecified atom stereocenters. The molecule has 1 amide bonds. The van der Waals surface area contributed by atoms with Gasteiger partial charge in [-0.3, -0.25) is 9.59 Å². The predicted octanol–water partition coefficient (Wildman–Crippen LogP) is 2.64. The van der Waals surface area contributed by atoms with E-state index in [4.69, 9.17) is 14.2 Å². The molecule has 0 saturated carbocycles. The van der Waals surface area contributed by atoms with E-state index in [-0.39, 0.29) is 6.42 Å². The smallest absolute Gasteiger partial charge is 0.380 e. The Labute approximate surface area is 220 Å². The number of cyclic esters (lactones) is 1. The number of carbonyl (C=O) groups is 3. The summed E-state index contributed by atoms with van der Waals surface area (Å²) in [5.41, 5.74) is 0. The Morgan fingerprint density at radius 1 is 1.03 bits per heavy atom. The molecule has 214 valence electrons. The first-order valence-electron chi connectivity index (χ1n) is 14.1. The van der Waals surface area contributed by atoms with Crippen molar-refractivity contribution in [2.75, 3.05) is 6.61 Å². The first kappa shape index (κ1) is 31.5. The van der Waals surface area contributed by atoms with E-state index in [9.17, 15) is 29.7 Å². The van der Waals surface area contributed by atoms with Crippen LogP contribution in [0.3, 0.4) is 0 Å². The number of hydrogen-bond acceptors (Lipinski definition) is 9. The summed E-state index contributed by atoms with van der Waals surface area (Å²) >= 11 is 0. The van der Waals surface area contributed by atoms with E-state index < -0.39 is 67.1 Å². The molecule has 37 heavy (non-hydrogen) atoms. The van der Waals surface area contributed by atoms with Crippen LogP contribution >= 0.6 is 0 Å². The maximum absolute atomic E-state index is 12.7. The maximum atomic E-state index is 12.7. The van der Waals surface area contributed by atoms with Crippen molar-refractivity contribution in [3.8, 4) is 0 Å². The third-order valence-corrected chi connectivity index (χ3v) is 7.15. The lowest BCUT2D eigenvalue weighted by atomic mass is 9.86. The van der Waals surface area contributed by atoms with E-state index in [2.05, 4.69) is 12.2 Å². The number of unbranched alkanes of at least 4 members (excludes halogenated alkanes) is 12. The number of aliphatic hydroxyl groups is 3. The Kier molecular flexibility index (Phi) is 13.8. The van der Waals surface area contributed by atoms with Crippen molar-refractivity contribution >= 4 is 17.8 Å². The van der Waals surface area contributed by atoms with Gasteiger partial charge >= 0.3 is 17.7 Å². The highest BCUT2D eigenvalue weighted by Crippen LogP contribution is 2.39. The lowest BCUT2D eigenvalue weighted by molar-refractivity contribution is -0.333. The largest absolute Gasteiger partial charge is 0.452 e. The van der Waals surface area contributed by atoms with Gasteiger partial charge in [0.15, 0.2) is 6.10 Å². The molecule has 2 bridgehead atoms. The minimum Gasteiger partial charge on any atom is -0.452 e. The van der Waals surface area contributed by atoms with Gasteiger partial charge in [-0.05, 0) is 6.42 Å². The summed E-state index contributed by atoms with van der Waals surface area (Å²) in [6.45, 7) is 2.75. The topological polar surface area (TPSA) is 152 Å². The van der Waals surface area contributed by atoms with Gasteiger partial charge in [0, 0.05) is 13.3 Å². The first-order chi connectivity index (χ1) is 17.7. The third kappa shape index (κ3) is 9.81. The molecule has 2 saturated heterocycles. The summed E-state index contributed by atoms with van der Waals surface area (Å²) in [5.74, 6) is -4.32. The second-order valence-corrected chi connectivity index (χ2v) is 10.4. The van der Waals surface area contributed by atoms with Gasteiger partial charge < -0.3 is 34.8 Å². The van der Waals surface area contributed by atoms with Gasteiger partial charge in [0.1, 0.15) is 12.2 Å². The molecule has 2 aliphatic heterocycles. The Bertz CT molecular complexity index is 716. The Morgan fingerprint density at radius 3 is 2.08 bits per heavy atom. The van der Waals surface area contributed by atoms with Crippen molar-refractivity contribution in [2.24, 2.45) is 0 Å². The molecular weight excluding hydrogens is 482 g/mol. The van der Waals surface area contributed by atoms with Crippen LogP contribution in [0, 0.1) is 0 Å². The fourth-order valence-electron chi connectivity index (χ4n) is 5.09. The van der Waals surface area contributed by atoms with Gasteiger partial charge in [-0.1, -0.05) is 84.0 Å². The Morgan fingerprint density at radius 2 is 1.57 bits per heavy atom. The number of esters is 2. The highest BCUT2D eigenvalue weighted by Gasteiger charge is 2.63. The van der Waals surface area contributed by atoms with Gasteiger partial charge in [-0.15, -0.1) is 0 Å². The average molecular weight is 530 g/mol. The van der Waals surface area contributed by atoms with Crippen molar-refractivity contribution in [1.82, 2.24) is 5.32 Å². The van der Waals surface area contributed by atoms with Crippen LogP contribution in [0.2, 0.25) is 0 Å². The molecule has 0 radical (unpaired) electrons. The van der Waals surface area contributed by atoms with Gasteiger partial charge in [0.2, 0.25) is 5.91 Å². The van der Waals surface area contributed by atoms with E-state index in [1.165, 1.54) is 64.7 Å². The second kappa shape index (κ2) is 16.3. The summed E-state index contributed by atoms with van der Waals surface area (Å²) in [6, 6.07) is -1.02. The summed E-state index contributed by atoms with van der Waals surface area (Å²) in [4.78, 5) is 36.9. The number of hydrogen-bond donors (Lipinski definition) is 4. The van der Waals surface area contributed by atoms with Crippen LogP contribution in [0.1, 0.15) is 110 Å². The zero-order chi connectivity index (χ0) is 27.3. The molecule has 2 rings (SSSR count). The van der Waals surface area contributed by atoms with Crippen molar-refractivity contribution in [3.63, 3.8) is 0 Å². The first-order valence-corrected chi connectivity index (χ1v) is 14.1. The normalized spacial score (nSPS) is 27.9. The van der Waals surface area contributed by atoms with E-state index in [0.29, 0.717) is 6.42 Å². The second-order valence-electron chi connectivity index (χ2n) is 10.4. The molecule has 0 aromatic heterocycles. The number of amides is 1. The standard InChI is InChI=1S/C27H47NO9/c1-3-4-5-6-7-8-9-10-11-12-13-14-15-16-22(33)36-27-17-20(31)23(28-19(2)30)25(37-27)24(21(32)18-29)35-26(27)34/h20-21,23-25,29,31-32H,3-18H2,1-2H3,(H,28,30)/t20-,21+,23+,24+,25+,27-/m0/s1. The van der Waals surface area contributed by atoms with Crippen LogP contribution in [-0.2, 0) is 28.6 Å². The number of nitrogens with one attached hydrogen (secondary N) is 1. The molecule has 2 heterocycles. The van der Waals surface area contributed by atoms with Gasteiger partial charge in [0.25, 0.3) is 0 Å². The number of fused-ring (bicyclic) bond motifs is 2. The van der Waals surface area contributed by atoms with Crippen LogP contribution in [0.15, 0.2) is 0 Å². The van der Waals surface area contributed by atoms with Gasteiger partial charge in [-0.25, -0.2) is 4.79 Å². The molecule has 4 N–H and O–H groups in total. The van der Waals surface area contributed by atoms with Crippen molar-refractivity contribution in [1.29, 1.82) is 0 Å². The summed E-state index contributed by atoms with van der Waals surface area (Å²) < 4.78 is 16.4. The molecule has 6 atom stereocenters. The Balaban J connectivity index is 1.74. The van der Waals surface area contributed by atoms with E-state index in [0.717, 1.165) is 19.3 Å². The lowest BCUT2D eigenvalue weighted by Gasteiger charge is -2.51. The van der Waals surface area contributed by atoms with Crippen LogP contribution in [0.25, 0.3) is 0 Å². The van der Waals surface area contributed by atoms with E-state index in [1.54, 1.807) is 0 Å². The fourth-order valence-corrected chi connectivity index (χ4v) is 5.09. The minimum atomic E-state index is -2.15. The fraction of sp³-hybridized carbons (Fsp3) is 0.889. The molecule has 0 aromatic rings. The zero-order valence-corrected chi connectivity index (χ0v) is 22.5. The molecule has 2 aliphatic rings. The molecular formula is C27H47NO9. The molecule has 10 nitrogen and oxygen atoms in total. The Hall–Kier alpha value is -1.75. The zero-order valence-electron chi connectivity index (χ0n) is 22.5. The number of aliphatic hydroxyl groups excluding tert-OH is 3. The summed E-state index contributed by atoms with van der Waals surface area (Å²) in [6.07, 6.45) is 9.58. The SMILES string of the molecule is CCCCCCCCCCCCCCCC(=O)O[C@@]12C[C@H](O)[C@@H](NC(C)=O)[C@@H](O1)[C@@H]([C@H](O)CO)OC2=O. The highest BCUT2D eigenvalue weighted by molar-refractivity contribution is 5.83. The molecule has 0 aliphatic carbocycles. The third-order valence-electron chi connectivity index (χ3n) is 7.15. The molecule has 0 spiro atoms. The van der Waals surface area contributed by atoms with Crippen molar-refractivity contribution in [3.05, 3.63) is 0 Å². The minimum absolute atomic E-state index is 0.0920. The van der Waals surface area contributed by atoms with Crippen LogP contribution in [0.4, 0.5) is 0 Å². The lowest BCUT2D eigenvalue weighted by Crippen LogP contribution is -2.72. The molecule has 0 aromatic carbocycles. The predicted molar refractivity (Wildman–Crippen MR) is 135 cm³/mol. The average Bonchev–Trinajstić information content (AvgIpc) is 2.85. The van der Waals surface area contributed by atoms with Gasteiger partial charge in [0.05, 0.1) is 25.2 Å². The quantitative estimate of drug-likeness (QED) is 0.155. The molecule has 10 heteroatoms. The number of ether oxygens (including phenoxy) is 3. The van der Waals surface area contributed by atoms with Crippen LogP contribution in [-0.4, -0.2) is 76.0 Å². The maximum Gasteiger partial charge on any atom is 0.380 e. The van der Waals surface area contributed by atoms with Crippen molar-refractivity contribution in [2.45, 2.75) is 146 Å². The van der Waals surface area contributed by atoms with Crippen LogP contribution < -0.4 is 5.32 Å². The molecule has 2 fully saturated rings. The van der Waals surface area contributed by atoms with Crippen LogP contribution in [0.5, 0.6) is 0 Å². The van der Waals surface area contributed by atoms with Gasteiger partial charge in [-0.2, -0.15) is 0 Å². The number of rotatable bonds is 18. The summed E-state index contributed by atoms with van der Waals surface area (Å²) in [5, 5.41) is 32.6. The van der Waals surface area contributed by atoms with Crippen molar-refractivity contribution < 1.29 is 43.9 Å². The number of carbonyl (C=O) groups excluding carboxylic acids is 3. The highest BCUT2D eigenvalue weighted by atomic mass is 16.8. The monoisotopic (exact) mass is 529 g/mol. The summed E-state index contributed by atoms with van der Waals surface area (Å²) in [7, 11) is 0. The van der Waals surface area contributed by atoms with E-state index in [1.807, 2.05) is 0 Å². The van der Waals surface area contributed by atoms with E-state index >= 15 is 0 Å².